The molecule has 2 aromatic rings. The van der Waals surface area contributed by atoms with Crippen molar-refractivity contribution in [1.29, 1.82) is 0 Å². The molecule has 1 aromatic heterocycles. The molecule has 0 bridgehead atoms. The Morgan fingerprint density at radius 3 is 2.76 bits per heavy atom. The van der Waals surface area contributed by atoms with Gasteiger partial charge in [-0.1, -0.05) is 28.9 Å². The van der Waals surface area contributed by atoms with Crippen LogP contribution in [-0.4, -0.2) is 11.1 Å². The van der Waals surface area contributed by atoms with Gasteiger partial charge in [0.15, 0.2) is 0 Å². The van der Waals surface area contributed by atoms with Crippen LogP contribution in [0.25, 0.3) is 0 Å². The number of hydrogen-bond donors (Lipinski definition) is 2. The molecule has 1 heterocycles. The topological polar surface area (TPSA) is 81.2 Å². The number of carbonyl (C=O) groups is 1. The molecule has 0 saturated carbocycles. The Balaban J connectivity index is 2.27. The van der Waals surface area contributed by atoms with E-state index in [4.69, 9.17) is 21.9 Å². The number of amides is 1. The summed E-state index contributed by atoms with van der Waals surface area (Å²) in [6.45, 7) is 1.64. The van der Waals surface area contributed by atoms with Crippen molar-refractivity contribution in [2.75, 3.05) is 11.1 Å². The summed E-state index contributed by atoms with van der Waals surface area (Å²) in [5, 5.41) is 6.70. The van der Waals surface area contributed by atoms with Crippen molar-refractivity contribution in [3.05, 3.63) is 40.5 Å². The van der Waals surface area contributed by atoms with Crippen molar-refractivity contribution in [3.63, 3.8) is 0 Å². The van der Waals surface area contributed by atoms with Gasteiger partial charge in [-0.25, -0.2) is 0 Å². The normalized spacial score (nSPS) is 10.2. The highest BCUT2D eigenvalue weighted by Gasteiger charge is 2.18. The second-order valence-corrected chi connectivity index (χ2v) is 3.85. The van der Waals surface area contributed by atoms with Gasteiger partial charge in [0.25, 0.3) is 5.91 Å². The number of halogens is 1. The smallest absolute Gasteiger partial charge is 0.263 e. The highest BCUT2D eigenvalue weighted by Crippen LogP contribution is 2.23. The number of anilines is 2. The van der Waals surface area contributed by atoms with Gasteiger partial charge in [0, 0.05) is 0 Å². The molecule has 3 N–H and O–H groups in total. The van der Waals surface area contributed by atoms with Crippen molar-refractivity contribution in [2.24, 2.45) is 0 Å². The van der Waals surface area contributed by atoms with Crippen molar-refractivity contribution >= 4 is 29.1 Å². The maximum Gasteiger partial charge on any atom is 0.263 e. The second kappa shape index (κ2) is 4.47. The quantitative estimate of drug-likeness (QED) is 0.859. The lowest BCUT2D eigenvalue weighted by Crippen LogP contribution is -2.14. The van der Waals surface area contributed by atoms with E-state index >= 15 is 0 Å². The molecule has 0 atom stereocenters. The Labute approximate surface area is 103 Å². The van der Waals surface area contributed by atoms with Gasteiger partial charge in [0.1, 0.15) is 5.56 Å². The zero-order valence-electron chi connectivity index (χ0n) is 9.03. The molecular formula is C11H10ClN3O2. The van der Waals surface area contributed by atoms with E-state index in [9.17, 15) is 4.79 Å². The molecule has 88 valence electrons. The monoisotopic (exact) mass is 251 g/mol. The third-order valence-corrected chi connectivity index (χ3v) is 2.57. The molecule has 2 rings (SSSR count). The van der Waals surface area contributed by atoms with Crippen LogP contribution >= 0.6 is 11.6 Å². The van der Waals surface area contributed by atoms with Crippen LogP contribution in [0.5, 0.6) is 0 Å². The van der Waals surface area contributed by atoms with Gasteiger partial charge in [0.2, 0.25) is 5.88 Å². The summed E-state index contributed by atoms with van der Waals surface area (Å²) in [7, 11) is 0. The summed E-state index contributed by atoms with van der Waals surface area (Å²) in [5.74, 6) is -0.401. The summed E-state index contributed by atoms with van der Waals surface area (Å²) < 4.78 is 4.72. The number of aryl methyl sites for hydroxylation is 1. The zero-order chi connectivity index (χ0) is 12.4. The molecule has 0 aliphatic rings. The van der Waals surface area contributed by atoms with Crippen LogP contribution in [0.3, 0.4) is 0 Å². The standard InChI is InChI=1S/C11H10ClN3O2/c1-6-9(10(13)17-15-6)11(16)14-8-5-3-2-4-7(8)12/h2-5H,13H2,1H3,(H,14,16). The van der Waals surface area contributed by atoms with Gasteiger partial charge in [0.05, 0.1) is 16.4 Å². The van der Waals surface area contributed by atoms with Crippen LogP contribution in [0.2, 0.25) is 5.02 Å². The third-order valence-electron chi connectivity index (χ3n) is 2.24. The van der Waals surface area contributed by atoms with Gasteiger partial charge in [-0.05, 0) is 19.1 Å². The summed E-state index contributed by atoms with van der Waals surface area (Å²) >= 11 is 5.92. The Bertz CT molecular complexity index is 546. The Morgan fingerprint density at radius 1 is 1.47 bits per heavy atom. The molecule has 0 aliphatic heterocycles. The highest BCUT2D eigenvalue weighted by atomic mass is 35.5. The number of aromatic nitrogens is 1. The molecule has 5 nitrogen and oxygen atoms in total. The van der Waals surface area contributed by atoms with E-state index in [1.54, 1.807) is 31.2 Å². The van der Waals surface area contributed by atoms with Gasteiger partial charge >= 0.3 is 0 Å². The number of nitrogen functional groups attached to an aromatic ring is 1. The zero-order valence-corrected chi connectivity index (χ0v) is 9.78. The molecule has 0 fully saturated rings. The Hall–Kier alpha value is -2.01. The van der Waals surface area contributed by atoms with E-state index < -0.39 is 5.91 Å². The molecule has 17 heavy (non-hydrogen) atoms. The van der Waals surface area contributed by atoms with Gasteiger partial charge in [-0.2, -0.15) is 0 Å². The molecule has 0 aliphatic carbocycles. The predicted octanol–water partition coefficient (Wildman–Crippen LogP) is 2.47. The minimum Gasteiger partial charge on any atom is -0.367 e. The predicted molar refractivity (Wildman–Crippen MR) is 65.1 cm³/mol. The number of nitrogens with zero attached hydrogens (tertiary/aromatic N) is 1. The molecule has 0 spiro atoms. The molecule has 0 radical (unpaired) electrons. The van der Waals surface area contributed by atoms with Crippen LogP contribution in [0, 0.1) is 6.92 Å². The highest BCUT2D eigenvalue weighted by molar-refractivity contribution is 6.34. The number of benzene rings is 1. The van der Waals surface area contributed by atoms with Crippen molar-refractivity contribution in [1.82, 2.24) is 5.16 Å². The van der Waals surface area contributed by atoms with E-state index in [1.807, 2.05) is 0 Å². The maximum absolute atomic E-state index is 11.9. The first kappa shape index (κ1) is 11.5. The number of nitrogens with one attached hydrogen (secondary N) is 1. The number of hydrogen-bond acceptors (Lipinski definition) is 4. The lowest BCUT2D eigenvalue weighted by atomic mass is 10.2. The Morgan fingerprint density at radius 2 is 2.18 bits per heavy atom. The second-order valence-electron chi connectivity index (χ2n) is 3.44. The van der Waals surface area contributed by atoms with Gasteiger partial charge in [-0.15, -0.1) is 0 Å². The van der Waals surface area contributed by atoms with Crippen LogP contribution in [0.4, 0.5) is 11.6 Å². The van der Waals surface area contributed by atoms with E-state index in [0.29, 0.717) is 16.4 Å². The van der Waals surface area contributed by atoms with Crippen molar-refractivity contribution in [2.45, 2.75) is 6.92 Å². The SMILES string of the molecule is Cc1noc(N)c1C(=O)Nc1ccccc1Cl. The van der Waals surface area contributed by atoms with Gasteiger partial charge in [-0.3, -0.25) is 4.79 Å². The number of carbonyl (C=O) groups excluding carboxylic acids is 1. The van der Waals surface area contributed by atoms with Crippen LogP contribution in [0.15, 0.2) is 28.8 Å². The summed E-state index contributed by atoms with van der Waals surface area (Å²) in [6, 6.07) is 6.92. The lowest BCUT2D eigenvalue weighted by molar-refractivity contribution is 0.102. The fourth-order valence-corrected chi connectivity index (χ4v) is 1.59. The molecule has 1 amide bonds. The molecule has 0 saturated heterocycles. The van der Waals surface area contributed by atoms with Crippen LogP contribution in [-0.2, 0) is 0 Å². The van der Waals surface area contributed by atoms with Crippen LogP contribution in [0.1, 0.15) is 16.1 Å². The summed E-state index contributed by atoms with van der Waals surface area (Å²) in [4.78, 5) is 11.9. The molecular weight excluding hydrogens is 242 g/mol. The minimum absolute atomic E-state index is 0.00736. The number of para-hydroxylation sites is 1. The van der Waals surface area contributed by atoms with E-state index in [1.165, 1.54) is 0 Å². The molecule has 6 heteroatoms. The first-order valence-corrected chi connectivity index (χ1v) is 5.25. The first-order valence-electron chi connectivity index (χ1n) is 4.87. The van der Waals surface area contributed by atoms with Crippen LogP contribution < -0.4 is 11.1 Å². The first-order chi connectivity index (χ1) is 8.09. The fourth-order valence-electron chi connectivity index (χ4n) is 1.41. The number of nitrogens with two attached hydrogens (primary N) is 1. The van der Waals surface area contributed by atoms with Gasteiger partial charge < -0.3 is 15.6 Å². The molecule has 0 unspecified atom stereocenters. The van der Waals surface area contributed by atoms with E-state index in [2.05, 4.69) is 10.5 Å². The minimum atomic E-state index is -0.394. The summed E-state index contributed by atoms with van der Waals surface area (Å²) in [5.41, 5.74) is 6.69. The van der Waals surface area contributed by atoms with E-state index in [-0.39, 0.29) is 11.4 Å². The van der Waals surface area contributed by atoms with E-state index in [0.717, 1.165) is 0 Å². The fraction of sp³-hybridized carbons (Fsp3) is 0.0909. The van der Waals surface area contributed by atoms with Crippen molar-refractivity contribution < 1.29 is 9.32 Å². The van der Waals surface area contributed by atoms with Crippen molar-refractivity contribution in [3.8, 4) is 0 Å². The number of rotatable bonds is 2. The average Bonchev–Trinajstić information content (AvgIpc) is 2.62. The molecule has 1 aromatic carbocycles. The average molecular weight is 252 g/mol. The Kier molecular flexibility index (Phi) is 3.01. The lowest BCUT2D eigenvalue weighted by Gasteiger charge is -2.05. The summed E-state index contributed by atoms with van der Waals surface area (Å²) in [6.07, 6.45) is 0. The third kappa shape index (κ3) is 2.24. The largest absolute Gasteiger partial charge is 0.367 e. The maximum atomic E-state index is 11.9.